The lowest BCUT2D eigenvalue weighted by atomic mass is 9.87. The highest BCUT2D eigenvalue weighted by Gasteiger charge is 2.49. The Labute approximate surface area is 106 Å². The molecule has 1 aromatic carbocycles. The Hall–Kier alpha value is -1.71. The lowest BCUT2D eigenvalue weighted by molar-refractivity contribution is -0.137. The molecule has 0 amide bonds. The number of carboxylic acids is 1. The van der Waals surface area contributed by atoms with Gasteiger partial charge >= 0.3 is 5.97 Å². The summed E-state index contributed by atoms with van der Waals surface area (Å²) in [6.45, 7) is 3.10. The summed E-state index contributed by atoms with van der Waals surface area (Å²) in [5.41, 5.74) is 1.90. The number of fused-ring (bicyclic) bond motifs is 1. The molecule has 3 rings (SSSR count). The van der Waals surface area contributed by atoms with Crippen LogP contribution in [0.5, 0.6) is 11.5 Å². The minimum absolute atomic E-state index is 0.174. The lowest BCUT2D eigenvalue weighted by Crippen LogP contribution is -2.21. The highest BCUT2D eigenvalue weighted by molar-refractivity contribution is 5.71. The van der Waals surface area contributed by atoms with Crippen LogP contribution in [0, 0.1) is 6.92 Å². The molecular weight excluding hydrogens is 232 g/mol. The summed E-state index contributed by atoms with van der Waals surface area (Å²) in [6, 6.07) is 3.90. The van der Waals surface area contributed by atoms with Crippen molar-refractivity contribution in [1.82, 2.24) is 0 Å². The molecule has 0 saturated heterocycles. The number of benzene rings is 1. The normalized spacial score (nSPS) is 19.4. The van der Waals surface area contributed by atoms with Gasteiger partial charge in [0.15, 0.2) is 11.5 Å². The predicted molar refractivity (Wildman–Crippen MR) is 65.3 cm³/mol. The minimum atomic E-state index is -0.749. The van der Waals surface area contributed by atoms with Crippen LogP contribution in [0.25, 0.3) is 0 Å². The molecule has 0 bridgehead atoms. The maximum Gasteiger partial charge on any atom is 0.304 e. The molecule has 96 valence electrons. The highest BCUT2D eigenvalue weighted by atomic mass is 16.6. The van der Waals surface area contributed by atoms with E-state index in [1.165, 1.54) is 0 Å². The third kappa shape index (κ3) is 1.72. The predicted octanol–water partition coefficient (Wildman–Crippen LogP) is 2.27. The summed E-state index contributed by atoms with van der Waals surface area (Å²) in [4.78, 5) is 11.0. The van der Waals surface area contributed by atoms with Crippen molar-refractivity contribution in [3.8, 4) is 11.5 Å². The SMILES string of the molecule is Cc1ccc2c(c1C1(CC(=O)O)CC1)OCCO2. The molecule has 1 N–H and O–H groups in total. The van der Waals surface area contributed by atoms with Crippen LogP contribution in [0.3, 0.4) is 0 Å². The first-order valence-electron chi connectivity index (χ1n) is 6.24. The van der Waals surface area contributed by atoms with Crippen LogP contribution < -0.4 is 9.47 Å². The number of aryl methyl sites for hydroxylation is 1. The molecule has 1 aliphatic heterocycles. The van der Waals surface area contributed by atoms with Crippen molar-refractivity contribution in [3.63, 3.8) is 0 Å². The van der Waals surface area contributed by atoms with Gasteiger partial charge < -0.3 is 14.6 Å². The molecule has 1 fully saturated rings. The second-order valence-corrected chi connectivity index (χ2v) is 5.13. The Morgan fingerprint density at radius 3 is 2.72 bits per heavy atom. The summed E-state index contributed by atoms with van der Waals surface area (Å²) in [5.74, 6) is 0.764. The Morgan fingerprint density at radius 1 is 1.33 bits per heavy atom. The van der Waals surface area contributed by atoms with Crippen LogP contribution in [0.15, 0.2) is 12.1 Å². The van der Waals surface area contributed by atoms with Gasteiger partial charge in [-0.2, -0.15) is 0 Å². The van der Waals surface area contributed by atoms with Crippen molar-refractivity contribution < 1.29 is 19.4 Å². The van der Waals surface area contributed by atoms with Gasteiger partial charge in [0, 0.05) is 11.0 Å². The van der Waals surface area contributed by atoms with E-state index in [9.17, 15) is 4.79 Å². The molecular formula is C14H16O4. The molecule has 1 saturated carbocycles. The first-order valence-corrected chi connectivity index (χ1v) is 6.24. The molecule has 1 heterocycles. The van der Waals surface area contributed by atoms with Crippen molar-refractivity contribution >= 4 is 5.97 Å². The highest BCUT2D eigenvalue weighted by Crippen LogP contribution is 2.57. The summed E-state index contributed by atoms with van der Waals surface area (Å²) in [6.07, 6.45) is 2.01. The van der Waals surface area contributed by atoms with Gasteiger partial charge in [0.2, 0.25) is 0 Å². The van der Waals surface area contributed by atoms with E-state index in [1.54, 1.807) is 0 Å². The molecule has 4 heteroatoms. The number of hydrogen-bond acceptors (Lipinski definition) is 3. The van der Waals surface area contributed by atoms with Gasteiger partial charge in [0.25, 0.3) is 0 Å². The van der Waals surface area contributed by atoms with Crippen LogP contribution in [-0.2, 0) is 10.2 Å². The summed E-state index contributed by atoms with van der Waals surface area (Å²) in [7, 11) is 0. The van der Waals surface area contributed by atoms with Crippen LogP contribution in [-0.4, -0.2) is 24.3 Å². The van der Waals surface area contributed by atoms with E-state index < -0.39 is 5.97 Å². The fraction of sp³-hybridized carbons (Fsp3) is 0.500. The van der Waals surface area contributed by atoms with Crippen molar-refractivity contribution in [2.45, 2.75) is 31.6 Å². The molecule has 18 heavy (non-hydrogen) atoms. The zero-order valence-corrected chi connectivity index (χ0v) is 10.4. The van der Waals surface area contributed by atoms with Gasteiger partial charge in [0.1, 0.15) is 13.2 Å². The first-order chi connectivity index (χ1) is 8.62. The standard InChI is InChI=1S/C14H16O4/c1-9-2-3-10-13(18-7-6-17-10)12(9)14(4-5-14)8-11(15)16/h2-3H,4-8H2,1H3,(H,15,16). The molecule has 0 unspecified atom stereocenters. The minimum Gasteiger partial charge on any atom is -0.486 e. The van der Waals surface area contributed by atoms with Crippen molar-refractivity contribution in [2.24, 2.45) is 0 Å². The summed E-state index contributed by atoms with van der Waals surface area (Å²) < 4.78 is 11.3. The molecule has 0 radical (unpaired) electrons. The molecule has 0 aromatic heterocycles. The van der Waals surface area contributed by atoms with Gasteiger partial charge in [-0.1, -0.05) is 6.07 Å². The van der Waals surface area contributed by atoms with Gasteiger partial charge in [0.05, 0.1) is 6.42 Å². The van der Waals surface area contributed by atoms with Gasteiger partial charge in [-0.15, -0.1) is 0 Å². The molecule has 4 nitrogen and oxygen atoms in total. The third-order valence-electron chi connectivity index (χ3n) is 3.79. The largest absolute Gasteiger partial charge is 0.486 e. The lowest BCUT2D eigenvalue weighted by Gasteiger charge is -2.26. The van der Waals surface area contributed by atoms with E-state index in [-0.39, 0.29) is 11.8 Å². The molecule has 0 spiro atoms. The average molecular weight is 248 g/mol. The zero-order valence-electron chi connectivity index (χ0n) is 10.4. The fourth-order valence-corrected chi connectivity index (χ4v) is 2.83. The second-order valence-electron chi connectivity index (χ2n) is 5.13. The number of ether oxygens (including phenoxy) is 2. The Balaban J connectivity index is 2.08. The second kappa shape index (κ2) is 3.90. The van der Waals surface area contributed by atoms with Crippen LogP contribution in [0.2, 0.25) is 0 Å². The molecule has 1 aliphatic carbocycles. The van der Waals surface area contributed by atoms with Crippen molar-refractivity contribution in [1.29, 1.82) is 0 Å². The number of hydrogen-bond donors (Lipinski definition) is 1. The summed E-state index contributed by atoms with van der Waals surface area (Å²) in [5, 5.41) is 9.07. The number of carboxylic acid groups (broad SMARTS) is 1. The Kier molecular flexibility index (Phi) is 2.47. The van der Waals surface area contributed by atoms with E-state index in [0.29, 0.717) is 13.2 Å². The van der Waals surface area contributed by atoms with Crippen LogP contribution in [0.4, 0.5) is 0 Å². The Bertz CT molecular complexity index is 503. The molecule has 0 atom stereocenters. The Morgan fingerprint density at radius 2 is 2.06 bits per heavy atom. The number of carbonyl (C=O) groups is 1. The third-order valence-corrected chi connectivity index (χ3v) is 3.79. The van der Waals surface area contributed by atoms with E-state index in [4.69, 9.17) is 14.6 Å². The maximum absolute atomic E-state index is 11.0. The maximum atomic E-state index is 11.0. The zero-order chi connectivity index (χ0) is 12.8. The average Bonchev–Trinajstić information content (AvgIpc) is 3.08. The van der Waals surface area contributed by atoms with E-state index in [1.807, 2.05) is 19.1 Å². The van der Waals surface area contributed by atoms with Crippen LogP contribution >= 0.6 is 0 Å². The number of rotatable bonds is 3. The van der Waals surface area contributed by atoms with Gasteiger partial charge in [-0.3, -0.25) is 4.79 Å². The van der Waals surface area contributed by atoms with Crippen molar-refractivity contribution in [3.05, 3.63) is 23.3 Å². The van der Waals surface area contributed by atoms with Gasteiger partial charge in [-0.05, 0) is 31.4 Å². The van der Waals surface area contributed by atoms with E-state index >= 15 is 0 Å². The quantitative estimate of drug-likeness (QED) is 0.891. The topological polar surface area (TPSA) is 55.8 Å². The summed E-state index contributed by atoms with van der Waals surface area (Å²) >= 11 is 0. The van der Waals surface area contributed by atoms with Crippen LogP contribution in [0.1, 0.15) is 30.4 Å². The fourth-order valence-electron chi connectivity index (χ4n) is 2.83. The number of aliphatic carboxylic acids is 1. The molecule has 1 aromatic rings. The molecule has 2 aliphatic rings. The monoisotopic (exact) mass is 248 g/mol. The van der Waals surface area contributed by atoms with E-state index in [2.05, 4.69) is 0 Å². The first kappa shape index (κ1) is 11.4. The van der Waals surface area contributed by atoms with E-state index in [0.717, 1.165) is 35.5 Å². The van der Waals surface area contributed by atoms with Gasteiger partial charge in [-0.25, -0.2) is 0 Å². The smallest absolute Gasteiger partial charge is 0.304 e. The van der Waals surface area contributed by atoms with Crippen molar-refractivity contribution in [2.75, 3.05) is 13.2 Å².